The second kappa shape index (κ2) is 9.93. The van der Waals surface area contributed by atoms with Crippen LogP contribution in [0.1, 0.15) is 67.4 Å². The SMILES string of the molecule is COc1ccccc1C(=O)NCCC(=O)Nc1c(C(C)C)cccc1C(C)C. The molecule has 0 bridgehead atoms. The van der Waals surface area contributed by atoms with Crippen molar-refractivity contribution in [2.24, 2.45) is 0 Å². The summed E-state index contributed by atoms with van der Waals surface area (Å²) >= 11 is 0. The Morgan fingerprint density at radius 1 is 0.929 bits per heavy atom. The third-order valence-corrected chi connectivity index (χ3v) is 4.63. The Morgan fingerprint density at radius 3 is 2.11 bits per heavy atom. The predicted octanol–water partition coefficient (Wildman–Crippen LogP) is 4.70. The molecule has 5 heteroatoms. The lowest BCUT2D eigenvalue weighted by Gasteiger charge is -2.20. The topological polar surface area (TPSA) is 67.4 Å². The van der Waals surface area contributed by atoms with Gasteiger partial charge < -0.3 is 15.4 Å². The van der Waals surface area contributed by atoms with Crippen LogP contribution in [0.3, 0.4) is 0 Å². The highest BCUT2D eigenvalue weighted by molar-refractivity contribution is 5.97. The fourth-order valence-electron chi connectivity index (χ4n) is 3.11. The average molecular weight is 383 g/mol. The Balaban J connectivity index is 2.01. The lowest BCUT2D eigenvalue weighted by Crippen LogP contribution is -2.28. The largest absolute Gasteiger partial charge is 0.496 e. The molecular weight excluding hydrogens is 352 g/mol. The summed E-state index contributed by atoms with van der Waals surface area (Å²) in [6.45, 7) is 8.71. The number of hydrogen-bond acceptors (Lipinski definition) is 3. The van der Waals surface area contributed by atoms with E-state index in [2.05, 4.69) is 50.5 Å². The molecule has 28 heavy (non-hydrogen) atoms. The van der Waals surface area contributed by atoms with Gasteiger partial charge in [-0.15, -0.1) is 0 Å². The third-order valence-electron chi connectivity index (χ3n) is 4.63. The van der Waals surface area contributed by atoms with Crippen molar-refractivity contribution in [3.63, 3.8) is 0 Å². The van der Waals surface area contributed by atoms with E-state index in [1.165, 1.54) is 7.11 Å². The Labute approximate surface area is 167 Å². The van der Waals surface area contributed by atoms with Crippen LogP contribution < -0.4 is 15.4 Å². The number of hydrogen-bond donors (Lipinski definition) is 2. The summed E-state index contributed by atoms with van der Waals surface area (Å²) in [5, 5.41) is 5.85. The third kappa shape index (κ3) is 5.35. The molecule has 0 fully saturated rings. The maximum atomic E-state index is 12.5. The van der Waals surface area contributed by atoms with Crippen molar-refractivity contribution in [3.8, 4) is 5.75 Å². The monoisotopic (exact) mass is 382 g/mol. The number of anilines is 1. The fraction of sp³-hybridized carbons (Fsp3) is 0.391. The van der Waals surface area contributed by atoms with E-state index in [4.69, 9.17) is 4.74 Å². The van der Waals surface area contributed by atoms with Crippen molar-refractivity contribution >= 4 is 17.5 Å². The molecule has 0 atom stereocenters. The molecule has 0 aliphatic heterocycles. The molecule has 0 unspecified atom stereocenters. The molecule has 2 aromatic carbocycles. The van der Waals surface area contributed by atoms with Crippen molar-refractivity contribution in [3.05, 3.63) is 59.2 Å². The smallest absolute Gasteiger partial charge is 0.255 e. The number of carbonyl (C=O) groups excluding carboxylic acids is 2. The van der Waals surface area contributed by atoms with Gasteiger partial charge in [0.05, 0.1) is 12.7 Å². The summed E-state index contributed by atoms with van der Waals surface area (Å²) in [5.74, 6) is 0.751. The molecule has 2 rings (SSSR count). The minimum Gasteiger partial charge on any atom is -0.496 e. The molecule has 0 aliphatic carbocycles. The van der Waals surface area contributed by atoms with E-state index >= 15 is 0 Å². The Kier molecular flexibility index (Phi) is 7.61. The number of rotatable bonds is 8. The number of para-hydroxylation sites is 2. The highest BCUT2D eigenvalue weighted by Crippen LogP contribution is 2.32. The van der Waals surface area contributed by atoms with Crippen LogP contribution in [0.15, 0.2) is 42.5 Å². The van der Waals surface area contributed by atoms with Crippen LogP contribution in [0.25, 0.3) is 0 Å². The van der Waals surface area contributed by atoms with Gasteiger partial charge in [0.2, 0.25) is 5.91 Å². The molecule has 0 saturated carbocycles. The standard InChI is InChI=1S/C23H30N2O3/c1-15(2)17-10-8-11-18(16(3)4)22(17)25-21(26)13-14-24-23(27)19-9-6-7-12-20(19)28-5/h6-12,15-16H,13-14H2,1-5H3,(H,24,27)(H,25,26). The van der Waals surface area contributed by atoms with E-state index in [1.54, 1.807) is 18.2 Å². The Bertz CT molecular complexity index is 802. The number of benzene rings is 2. The predicted molar refractivity (Wildman–Crippen MR) is 113 cm³/mol. The molecule has 0 radical (unpaired) electrons. The molecule has 0 saturated heterocycles. The normalized spacial score (nSPS) is 10.8. The molecule has 0 heterocycles. The summed E-state index contributed by atoms with van der Waals surface area (Å²) in [6, 6.07) is 13.2. The van der Waals surface area contributed by atoms with Gasteiger partial charge >= 0.3 is 0 Å². The quantitative estimate of drug-likeness (QED) is 0.695. The zero-order valence-corrected chi connectivity index (χ0v) is 17.3. The number of nitrogens with one attached hydrogen (secondary N) is 2. The number of methoxy groups -OCH3 is 1. The maximum Gasteiger partial charge on any atom is 0.255 e. The zero-order valence-electron chi connectivity index (χ0n) is 17.3. The van der Waals surface area contributed by atoms with Crippen LogP contribution in [0.4, 0.5) is 5.69 Å². The summed E-state index contributed by atoms with van der Waals surface area (Å²) in [4.78, 5) is 24.8. The molecule has 5 nitrogen and oxygen atoms in total. The molecule has 2 N–H and O–H groups in total. The molecule has 0 aromatic heterocycles. The van der Waals surface area contributed by atoms with Gasteiger partial charge in [0.15, 0.2) is 0 Å². The van der Waals surface area contributed by atoms with Gasteiger partial charge in [0, 0.05) is 18.7 Å². The summed E-state index contributed by atoms with van der Waals surface area (Å²) < 4.78 is 5.20. The highest BCUT2D eigenvalue weighted by Gasteiger charge is 2.16. The summed E-state index contributed by atoms with van der Waals surface area (Å²) in [5.41, 5.74) is 3.60. The number of carbonyl (C=O) groups is 2. The average Bonchev–Trinajstić information content (AvgIpc) is 2.67. The fourth-order valence-corrected chi connectivity index (χ4v) is 3.11. The molecule has 2 aromatic rings. The Morgan fingerprint density at radius 2 is 1.54 bits per heavy atom. The zero-order chi connectivity index (χ0) is 20.7. The number of amides is 2. The van der Waals surface area contributed by atoms with Gasteiger partial charge in [0.1, 0.15) is 5.75 Å². The molecule has 2 amide bonds. The van der Waals surface area contributed by atoms with Gasteiger partial charge in [-0.3, -0.25) is 9.59 Å². The minimum absolute atomic E-state index is 0.115. The minimum atomic E-state index is -0.254. The van der Waals surface area contributed by atoms with Crippen LogP contribution in [-0.4, -0.2) is 25.5 Å². The van der Waals surface area contributed by atoms with E-state index in [9.17, 15) is 9.59 Å². The maximum absolute atomic E-state index is 12.5. The molecular formula is C23H30N2O3. The first-order valence-electron chi connectivity index (χ1n) is 9.69. The van der Waals surface area contributed by atoms with Gasteiger partial charge in [-0.05, 0) is 35.1 Å². The highest BCUT2D eigenvalue weighted by atomic mass is 16.5. The van der Waals surface area contributed by atoms with E-state index in [0.717, 1.165) is 16.8 Å². The van der Waals surface area contributed by atoms with Gasteiger partial charge in [-0.2, -0.15) is 0 Å². The molecule has 150 valence electrons. The van der Waals surface area contributed by atoms with Crippen LogP contribution in [0, 0.1) is 0 Å². The van der Waals surface area contributed by atoms with Gasteiger partial charge in [0.25, 0.3) is 5.91 Å². The second-order valence-electron chi connectivity index (χ2n) is 7.38. The van der Waals surface area contributed by atoms with E-state index in [1.807, 2.05) is 12.1 Å². The van der Waals surface area contributed by atoms with E-state index in [0.29, 0.717) is 23.1 Å². The van der Waals surface area contributed by atoms with Crippen molar-refractivity contribution < 1.29 is 14.3 Å². The van der Waals surface area contributed by atoms with Crippen molar-refractivity contribution in [1.29, 1.82) is 0 Å². The van der Waals surface area contributed by atoms with Crippen molar-refractivity contribution in [2.75, 3.05) is 19.0 Å². The van der Waals surface area contributed by atoms with E-state index < -0.39 is 0 Å². The second-order valence-corrected chi connectivity index (χ2v) is 7.38. The first kappa shape index (κ1) is 21.5. The Hall–Kier alpha value is -2.82. The molecule has 0 aliphatic rings. The lowest BCUT2D eigenvalue weighted by atomic mass is 9.92. The first-order chi connectivity index (χ1) is 13.3. The summed E-state index contributed by atoms with van der Waals surface area (Å²) in [7, 11) is 1.53. The van der Waals surface area contributed by atoms with Crippen LogP contribution in [-0.2, 0) is 4.79 Å². The summed E-state index contributed by atoms with van der Waals surface area (Å²) in [6.07, 6.45) is 0.199. The van der Waals surface area contributed by atoms with Gasteiger partial charge in [-0.1, -0.05) is 58.0 Å². The van der Waals surface area contributed by atoms with E-state index in [-0.39, 0.29) is 24.8 Å². The lowest BCUT2D eigenvalue weighted by molar-refractivity contribution is -0.116. The number of ether oxygens (including phenoxy) is 1. The van der Waals surface area contributed by atoms with Crippen molar-refractivity contribution in [2.45, 2.75) is 46.0 Å². The molecule has 0 spiro atoms. The first-order valence-corrected chi connectivity index (χ1v) is 9.69. The van der Waals surface area contributed by atoms with Crippen LogP contribution in [0.5, 0.6) is 5.75 Å². The van der Waals surface area contributed by atoms with Crippen LogP contribution >= 0.6 is 0 Å². The van der Waals surface area contributed by atoms with Crippen molar-refractivity contribution in [1.82, 2.24) is 5.32 Å². The van der Waals surface area contributed by atoms with Gasteiger partial charge in [-0.25, -0.2) is 0 Å². The van der Waals surface area contributed by atoms with Crippen LogP contribution in [0.2, 0.25) is 0 Å².